The van der Waals surface area contributed by atoms with Crippen LogP contribution in [0.15, 0.2) is 71.9 Å². The molecule has 0 spiro atoms. The molecule has 0 bridgehead atoms. The smallest absolute Gasteiger partial charge is 0.251 e. The predicted octanol–water partition coefficient (Wildman–Crippen LogP) is 4.17. The van der Waals surface area contributed by atoms with Crippen molar-refractivity contribution in [1.82, 2.24) is 10.3 Å². The molecule has 1 aliphatic rings. The second kappa shape index (κ2) is 8.40. The fourth-order valence-corrected chi connectivity index (χ4v) is 4.85. The number of rotatable bonds is 7. The molecule has 1 amide bonds. The van der Waals surface area contributed by atoms with Crippen molar-refractivity contribution in [2.45, 2.75) is 42.9 Å². The van der Waals surface area contributed by atoms with E-state index in [0.29, 0.717) is 28.5 Å². The van der Waals surface area contributed by atoms with Crippen molar-refractivity contribution >= 4 is 15.7 Å². The third-order valence-corrected chi connectivity index (χ3v) is 7.10. The maximum Gasteiger partial charge on any atom is 0.251 e. The zero-order valence-corrected chi connectivity index (χ0v) is 17.7. The van der Waals surface area contributed by atoms with E-state index >= 15 is 0 Å². The van der Waals surface area contributed by atoms with Crippen LogP contribution in [-0.4, -0.2) is 19.3 Å². The largest absolute Gasteiger partial charge is 0.348 e. The number of aromatic nitrogens is 1. The Morgan fingerprint density at radius 2 is 1.87 bits per heavy atom. The maximum atomic E-state index is 12.9. The van der Waals surface area contributed by atoms with Gasteiger partial charge in [0.05, 0.1) is 10.6 Å². The average molecular weight is 421 g/mol. The molecule has 0 unspecified atom stereocenters. The van der Waals surface area contributed by atoms with Gasteiger partial charge >= 0.3 is 0 Å². The summed E-state index contributed by atoms with van der Waals surface area (Å²) in [6, 6.07) is 16.1. The van der Waals surface area contributed by atoms with E-state index in [1.807, 2.05) is 31.2 Å². The number of aryl methyl sites for hydroxylation is 1. The van der Waals surface area contributed by atoms with Crippen molar-refractivity contribution in [3.05, 3.63) is 94.8 Å². The zero-order chi connectivity index (χ0) is 21.1. The number of sulfone groups is 1. The van der Waals surface area contributed by atoms with Gasteiger partial charge in [0.1, 0.15) is 0 Å². The highest BCUT2D eigenvalue weighted by Crippen LogP contribution is 2.40. The predicted molar refractivity (Wildman–Crippen MR) is 116 cm³/mol. The van der Waals surface area contributed by atoms with Gasteiger partial charge in [-0.1, -0.05) is 24.3 Å². The van der Waals surface area contributed by atoms with E-state index in [9.17, 15) is 13.2 Å². The first kappa shape index (κ1) is 20.3. The zero-order valence-electron chi connectivity index (χ0n) is 16.8. The Hall–Kier alpha value is -2.99. The highest BCUT2D eigenvalue weighted by atomic mass is 32.2. The number of nitrogens with zero attached hydrogens (tertiary/aromatic N) is 1. The van der Waals surface area contributed by atoms with Crippen molar-refractivity contribution in [3.8, 4) is 0 Å². The summed E-state index contributed by atoms with van der Waals surface area (Å²) in [6.45, 7) is 2.22. The van der Waals surface area contributed by atoms with Crippen LogP contribution in [0, 0.1) is 6.92 Å². The summed E-state index contributed by atoms with van der Waals surface area (Å²) < 4.78 is 25.9. The van der Waals surface area contributed by atoms with Gasteiger partial charge in [-0.15, -0.1) is 0 Å². The molecule has 1 fully saturated rings. The van der Waals surface area contributed by atoms with Gasteiger partial charge in [-0.05, 0) is 78.3 Å². The number of nitrogens with one attached hydrogen (secondary N) is 1. The number of amides is 1. The van der Waals surface area contributed by atoms with Crippen LogP contribution < -0.4 is 5.32 Å². The van der Waals surface area contributed by atoms with Crippen molar-refractivity contribution in [3.63, 3.8) is 0 Å². The van der Waals surface area contributed by atoms with E-state index in [4.69, 9.17) is 0 Å². The molecule has 1 aliphatic carbocycles. The molecule has 5 nitrogen and oxygen atoms in total. The number of hydrogen-bond donors (Lipinski definition) is 1. The van der Waals surface area contributed by atoms with E-state index in [1.54, 1.807) is 42.7 Å². The SMILES string of the molecule is Cc1ccc(C(=O)NCc2cccnc2)cc1CS(=O)(=O)c1ccc(C2CC2)cc1. The van der Waals surface area contributed by atoms with Crippen LogP contribution in [0.2, 0.25) is 0 Å². The number of benzene rings is 2. The Bertz CT molecular complexity index is 1150. The second-order valence-corrected chi connectivity index (χ2v) is 9.78. The standard InChI is InChI=1S/C24H24N2O3S/c1-17-4-5-21(24(27)26-15-18-3-2-12-25-14-18)13-22(17)16-30(28,29)23-10-8-20(9-11-23)19-6-7-19/h2-5,8-14,19H,6-7,15-16H2,1H3,(H,26,27). The van der Waals surface area contributed by atoms with Gasteiger partial charge in [0.15, 0.2) is 9.84 Å². The molecule has 0 radical (unpaired) electrons. The molecule has 1 heterocycles. The fraction of sp³-hybridized carbons (Fsp3) is 0.250. The van der Waals surface area contributed by atoms with Gasteiger partial charge < -0.3 is 5.32 Å². The number of carbonyl (C=O) groups is 1. The number of hydrogen-bond acceptors (Lipinski definition) is 4. The van der Waals surface area contributed by atoms with Crippen LogP contribution in [0.3, 0.4) is 0 Å². The van der Waals surface area contributed by atoms with Crippen LogP contribution in [0.25, 0.3) is 0 Å². The minimum Gasteiger partial charge on any atom is -0.348 e. The fourth-order valence-electron chi connectivity index (χ4n) is 3.41. The number of pyridine rings is 1. The van der Waals surface area contributed by atoms with Crippen LogP contribution in [-0.2, 0) is 22.1 Å². The summed E-state index contributed by atoms with van der Waals surface area (Å²) >= 11 is 0. The third kappa shape index (κ3) is 4.76. The Labute approximate surface area is 177 Å². The molecule has 1 saturated carbocycles. The third-order valence-electron chi connectivity index (χ3n) is 5.42. The van der Waals surface area contributed by atoms with E-state index < -0.39 is 9.84 Å². The lowest BCUT2D eigenvalue weighted by molar-refractivity contribution is 0.0950. The summed E-state index contributed by atoms with van der Waals surface area (Å²) in [7, 11) is -3.50. The summed E-state index contributed by atoms with van der Waals surface area (Å²) in [5, 5.41) is 2.85. The number of carbonyl (C=O) groups excluding carboxylic acids is 1. The van der Waals surface area contributed by atoms with E-state index in [-0.39, 0.29) is 11.7 Å². The van der Waals surface area contributed by atoms with E-state index in [0.717, 1.165) is 11.1 Å². The minimum absolute atomic E-state index is 0.134. The van der Waals surface area contributed by atoms with Crippen LogP contribution in [0.4, 0.5) is 0 Å². The van der Waals surface area contributed by atoms with Crippen molar-refractivity contribution < 1.29 is 13.2 Å². The highest BCUT2D eigenvalue weighted by molar-refractivity contribution is 7.90. The van der Waals surface area contributed by atoms with Crippen LogP contribution in [0.5, 0.6) is 0 Å². The van der Waals surface area contributed by atoms with Gasteiger partial charge in [-0.2, -0.15) is 0 Å². The van der Waals surface area contributed by atoms with E-state index in [1.165, 1.54) is 18.4 Å². The molecule has 1 aromatic heterocycles. The van der Waals surface area contributed by atoms with Gasteiger partial charge in [-0.3, -0.25) is 9.78 Å². The first-order chi connectivity index (χ1) is 14.4. The molecule has 1 N–H and O–H groups in total. The maximum absolute atomic E-state index is 12.9. The average Bonchev–Trinajstić information content (AvgIpc) is 3.60. The van der Waals surface area contributed by atoms with E-state index in [2.05, 4.69) is 10.3 Å². The summed E-state index contributed by atoms with van der Waals surface area (Å²) in [4.78, 5) is 16.9. The quantitative estimate of drug-likeness (QED) is 0.622. The molecule has 154 valence electrons. The summed E-state index contributed by atoms with van der Waals surface area (Å²) in [5.74, 6) is 0.211. The highest BCUT2D eigenvalue weighted by Gasteiger charge is 2.24. The molecule has 4 rings (SSSR count). The first-order valence-electron chi connectivity index (χ1n) is 10.0. The topological polar surface area (TPSA) is 76.1 Å². The first-order valence-corrected chi connectivity index (χ1v) is 11.7. The molecule has 0 aliphatic heterocycles. The molecular formula is C24H24N2O3S. The lowest BCUT2D eigenvalue weighted by Crippen LogP contribution is -2.23. The molecule has 0 saturated heterocycles. The van der Waals surface area contributed by atoms with Crippen molar-refractivity contribution in [1.29, 1.82) is 0 Å². The molecule has 30 heavy (non-hydrogen) atoms. The van der Waals surface area contributed by atoms with Gasteiger partial charge in [0, 0.05) is 24.5 Å². The van der Waals surface area contributed by atoms with Crippen molar-refractivity contribution in [2.24, 2.45) is 0 Å². The lowest BCUT2D eigenvalue weighted by atomic mass is 10.1. The van der Waals surface area contributed by atoms with Crippen LogP contribution in [0.1, 0.15) is 51.4 Å². The van der Waals surface area contributed by atoms with Crippen molar-refractivity contribution in [2.75, 3.05) is 0 Å². The van der Waals surface area contributed by atoms with Gasteiger partial charge in [-0.25, -0.2) is 8.42 Å². The monoisotopic (exact) mass is 420 g/mol. The Morgan fingerprint density at radius 3 is 2.53 bits per heavy atom. The Morgan fingerprint density at radius 1 is 1.10 bits per heavy atom. The normalized spacial score (nSPS) is 13.8. The molecule has 0 atom stereocenters. The summed E-state index contributed by atoms with van der Waals surface area (Å²) in [5.41, 5.74) is 4.03. The molecule has 2 aromatic carbocycles. The Balaban J connectivity index is 1.48. The lowest BCUT2D eigenvalue weighted by Gasteiger charge is -2.11. The summed E-state index contributed by atoms with van der Waals surface area (Å²) in [6.07, 6.45) is 5.74. The molecule has 3 aromatic rings. The van der Waals surface area contributed by atoms with Gasteiger partial charge in [0.2, 0.25) is 0 Å². The second-order valence-electron chi connectivity index (χ2n) is 7.79. The van der Waals surface area contributed by atoms with Crippen LogP contribution >= 0.6 is 0 Å². The molecule has 6 heteroatoms. The Kier molecular flexibility index (Phi) is 5.68. The van der Waals surface area contributed by atoms with Gasteiger partial charge in [0.25, 0.3) is 5.91 Å². The minimum atomic E-state index is -3.50. The molecular weight excluding hydrogens is 396 g/mol.